The van der Waals surface area contributed by atoms with Crippen molar-refractivity contribution in [3.05, 3.63) is 59.2 Å². The summed E-state index contributed by atoms with van der Waals surface area (Å²) in [6.45, 7) is -0.603. The Morgan fingerprint density at radius 3 is 2.26 bits per heavy atom. The standard InChI is InChI=1S/C23H23N3O7S/c24-34(31,32)17-9-7-15(8-10-17)25-20(27)13-33-23(30)14-6-11-18-19(12-14)22(29)26(21(18)28)16-4-2-1-3-5-16/h6-12,16H,1-5,13H2,(H,25,27)(H2,24,31,32). The number of carbonyl (C=O) groups excluding carboxylic acids is 4. The zero-order valence-electron chi connectivity index (χ0n) is 18.2. The van der Waals surface area contributed by atoms with Gasteiger partial charge in [0, 0.05) is 11.7 Å². The maximum atomic E-state index is 12.9. The molecule has 11 heteroatoms. The van der Waals surface area contributed by atoms with Crippen molar-refractivity contribution in [2.45, 2.75) is 43.0 Å². The van der Waals surface area contributed by atoms with Crippen LogP contribution in [0.3, 0.4) is 0 Å². The van der Waals surface area contributed by atoms with Gasteiger partial charge in [-0.1, -0.05) is 19.3 Å². The van der Waals surface area contributed by atoms with Crippen LogP contribution in [-0.4, -0.2) is 49.7 Å². The van der Waals surface area contributed by atoms with Gasteiger partial charge >= 0.3 is 5.97 Å². The van der Waals surface area contributed by atoms with Gasteiger partial charge in [0.15, 0.2) is 6.61 Å². The third-order valence-corrected chi connectivity index (χ3v) is 6.82. The number of sulfonamides is 1. The second kappa shape index (κ2) is 9.35. The number of carbonyl (C=O) groups is 4. The number of benzene rings is 2. The van der Waals surface area contributed by atoms with E-state index in [1.54, 1.807) is 0 Å². The molecular weight excluding hydrogens is 462 g/mol. The van der Waals surface area contributed by atoms with Crippen LogP contribution in [0.5, 0.6) is 0 Å². The van der Waals surface area contributed by atoms with Gasteiger partial charge in [-0.3, -0.25) is 19.3 Å². The molecule has 3 amide bonds. The predicted octanol–water partition coefficient (Wildman–Crippen LogP) is 2.06. The molecule has 34 heavy (non-hydrogen) atoms. The Morgan fingerprint density at radius 1 is 0.971 bits per heavy atom. The van der Waals surface area contributed by atoms with Crippen molar-refractivity contribution in [3.63, 3.8) is 0 Å². The Kier molecular flexibility index (Phi) is 6.49. The van der Waals surface area contributed by atoms with Gasteiger partial charge in [0.25, 0.3) is 17.7 Å². The molecule has 2 aliphatic rings. The largest absolute Gasteiger partial charge is 0.452 e. The summed E-state index contributed by atoms with van der Waals surface area (Å²) in [7, 11) is -3.85. The molecule has 3 N–H and O–H groups in total. The Labute approximate surface area is 196 Å². The lowest BCUT2D eigenvalue weighted by Crippen LogP contribution is -2.40. The summed E-state index contributed by atoms with van der Waals surface area (Å²) < 4.78 is 27.6. The van der Waals surface area contributed by atoms with E-state index in [1.807, 2.05) is 0 Å². The molecule has 4 rings (SSSR count). The SMILES string of the molecule is NS(=O)(=O)c1ccc(NC(=O)COC(=O)c2ccc3c(c2)C(=O)N(C2CCCCC2)C3=O)cc1. The number of nitrogens with zero attached hydrogens (tertiary/aromatic N) is 1. The number of ether oxygens (including phenoxy) is 1. The first-order chi connectivity index (χ1) is 16.1. The minimum atomic E-state index is -3.85. The number of fused-ring (bicyclic) bond motifs is 1. The molecule has 1 heterocycles. The van der Waals surface area contributed by atoms with Crippen molar-refractivity contribution in [2.24, 2.45) is 5.14 Å². The summed E-state index contributed by atoms with van der Waals surface area (Å²) in [5, 5.41) is 7.49. The van der Waals surface area contributed by atoms with Crippen LogP contribution in [0.25, 0.3) is 0 Å². The summed E-state index contributed by atoms with van der Waals surface area (Å²) in [5.74, 6) is -2.23. The number of nitrogens with two attached hydrogens (primary N) is 1. The molecule has 10 nitrogen and oxygen atoms in total. The monoisotopic (exact) mass is 485 g/mol. The number of hydrogen-bond donors (Lipinski definition) is 2. The van der Waals surface area contributed by atoms with E-state index in [9.17, 15) is 27.6 Å². The van der Waals surface area contributed by atoms with Gasteiger partial charge < -0.3 is 10.1 Å². The summed E-state index contributed by atoms with van der Waals surface area (Å²) in [6, 6.07) is 9.18. The van der Waals surface area contributed by atoms with E-state index in [4.69, 9.17) is 9.88 Å². The highest BCUT2D eigenvalue weighted by molar-refractivity contribution is 7.89. The Hall–Kier alpha value is -3.57. The van der Waals surface area contributed by atoms with Gasteiger partial charge in [-0.15, -0.1) is 0 Å². The highest BCUT2D eigenvalue weighted by atomic mass is 32.2. The van der Waals surface area contributed by atoms with Crippen molar-refractivity contribution in [3.8, 4) is 0 Å². The minimum Gasteiger partial charge on any atom is -0.452 e. The van der Waals surface area contributed by atoms with Crippen LogP contribution in [-0.2, 0) is 19.6 Å². The molecule has 1 aliphatic carbocycles. The molecule has 178 valence electrons. The summed E-state index contributed by atoms with van der Waals surface area (Å²) in [4.78, 5) is 51.3. The van der Waals surface area contributed by atoms with Crippen LogP contribution in [0, 0.1) is 0 Å². The van der Waals surface area contributed by atoms with E-state index >= 15 is 0 Å². The topological polar surface area (TPSA) is 153 Å². The second-order valence-electron chi connectivity index (χ2n) is 8.23. The summed E-state index contributed by atoms with van der Waals surface area (Å²) in [6.07, 6.45) is 4.58. The van der Waals surface area contributed by atoms with Crippen LogP contribution < -0.4 is 10.5 Å². The zero-order valence-corrected chi connectivity index (χ0v) is 19.0. The molecular formula is C23H23N3O7S. The Morgan fingerprint density at radius 2 is 1.62 bits per heavy atom. The fraction of sp³-hybridized carbons (Fsp3) is 0.304. The normalized spacial score (nSPS) is 16.3. The predicted molar refractivity (Wildman–Crippen MR) is 121 cm³/mol. The maximum Gasteiger partial charge on any atom is 0.338 e. The van der Waals surface area contributed by atoms with Crippen LogP contribution >= 0.6 is 0 Å². The van der Waals surface area contributed by atoms with Gasteiger partial charge in [-0.05, 0) is 55.3 Å². The number of imide groups is 1. The zero-order chi connectivity index (χ0) is 24.5. The van der Waals surface area contributed by atoms with E-state index in [2.05, 4.69) is 5.32 Å². The number of esters is 1. The fourth-order valence-electron chi connectivity index (χ4n) is 4.20. The smallest absolute Gasteiger partial charge is 0.338 e. The molecule has 1 fully saturated rings. The number of hydrogen-bond acceptors (Lipinski definition) is 7. The molecule has 1 aliphatic heterocycles. The summed E-state index contributed by atoms with van der Waals surface area (Å²) in [5.41, 5.74) is 0.755. The molecule has 0 radical (unpaired) electrons. The molecule has 0 bridgehead atoms. The van der Waals surface area contributed by atoms with Crippen LogP contribution in [0.15, 0.2) is 47.4 Å². The molecule has 0 saturated heterocycles. The Bertz CT molecular complexity index is 1270. The molecule has 0 unspecified atom stereocenters. The first-order valence-corrected chi connectivity index (χ1v) is 12.3. The van der Waals surface area contributed by atoms with Gasteiger partial charge in [0.1, 0.15) is 0 Å². The van der Waals surface area contributed by atoms with Gasteiger partial charge in [-0.25, -0.2) is 18.4 Å². The average Bonchev–Trinajstić information content (AvgIpc) is 3.07. The van der Waals surface area contributed by atoms with Crippen molar-refractivity contribution >= 4 is 39.4 Å². The van der Waals surface area contributed by atoms with Crippen LogP contribution in [0.4, 0.5) is 5.69 Å². The van der Waals surface area contributed by atoms with Crippen LogP contribution in [0.1, 0.15) is 63.2 Å². The van der Waals surface area contributed by atoms with Gasteiger partial charge in [0.2, 0.25) is 10.0 Å². The molecule has 0 aromatic heterocycles. The molecule has 2 aromatic carbocycles. The summed E-state index contributed by atoms with van der Waals surface area (Å²) >= 11 is 0. The third kappa shape index (κ3) is 4.85. The lowest BCUT2D eigenvalue weighted by Gasteiger charge is -2.29. The highest BCUT2D eigenvalue weighted by Gasteiger charge is 2.40. The lowest BCUT2D eigenvalue weighted by molar-refractivity contribution is -0.119. The van der Waals surface area contributed by atoms with Gasteiger partial charge in [-0.2, -0.15) is 0 Å². The van der Waals surface area contributed by atoms with Crippen molar-refractivity contribution < 1.29 is 32.3 Å². The Balaban J connectivity index is 1.37. The molecule has 2 aromatic rings. The first-order valence-electron chi connectivity index (χ1n) is 10.8. The molecule has 0 atom stereocenters. The van der Waals surface area contributed by atoms with Gasteiger partial charge in [0.05, 0.1) is 21.6 Å². The lowest BCUT2D eigenvalue weighted by atomic mass is 9.94. The number of primary sulfonamides is 1. The number of rotatable bonds is 6. The number of amides is 3. The average molecular weight is 486 g/mol. The van der Waals surface area contributed by atoms with E-state index in [0.29, 0.717) is 0 Å². The quantitative estimate of drug-likeness (QED) is 0.469. The van der Waals surface area contributed by atoms with Crippen molar-refractivity contribution in [1.29, 1.82) is 0 Å². The second-order valence-corrected chi connectivity index (χ2v) is 9.79. The van der Waals surface area contributed by atoms with Crippen molar-refractivity contribution in [2.75, 3.05) is 11.9 Å². The third-order valence-electron chi connectivity index (χ3n) is 5.89. The first kappa shape index (κ1) is 23.6. The fourth-order valence-corrected chi connectivity index (χ4v) is 4.71. The number of anilines is 1. The van der Waals surface area contributed by atoms with E-state index < -0.39 is 34.4 Å². The van der Waals surface area contributed by atoms with E-state index in [-0.39, 0.29) is 39.2 Å². The van der Waals surface area contributed by atoms with E-state index in [1.165, 1.54) is 47.4 Å². The van der Waals surface area contributed by atoms with E-state index in [0.717, 1.165) is 32.1 Å². The number of nitrogens with one attached hydrogen (secondary N) is 1. The maximum absolute atomic E-state index is 12.9. The minimum absolute atomic E-state index is 0.0516. The van der Waals surface area contributed by atoms with Crippen molar-refractivity contribution in [1.82, 2.24) is 4.90 Å². The molecule has 0 spiro atoms. The molecule has 1 saturated carbocycles. The van der Waals surface area contributed by atoms with Crippen LogP contribution in [0.2, 0.25) is 0 Å². The highest BCUT2D eigenvalue weighted by Crippen LogP contribution is 2.31.